The molecule has 0 radical (unpaired) electrons. The van der Waals surface area contributed by atoms with Crippen LogP contribution in [-0.2, 0) is 12.8 Å². The van der Waals surface area contributed by atoms with Crippen molar-refractivity contribution in [1.29, 1.82) is 0 Å². The van der Waals surface area contributed by atoms with E-state index in [1.54, 1.807) is 0 Å². The number of nitrogens with one attached hydrogen (secondary N) is 3. The Labute approximate surface area is 374 Å². The van der Waals surface area contributed by atoms with Crippen molar-refractivity contribution in [3.8, 4) is 22.3 Å². The smallest absolute Gasteiger partial charge is 0.0870 e. The maximum Gasteiger partial charge on any atom is 0.0870 e. The van der Waals surface area contributed by atoms with Crippen molar-refractivity contribution in [2.75, 3.05) is 24.5 Å². The number of benzene rings is 7. The summed E-state index contributed by atoms with van der Waals surface area (Å²) in [6.07, 6.45) is 6.74. The minimum atomic E-state index is -0.0762. The van der Waals surface area contributed by atoms with Crippen LogP contribution in [0.5, 0.6) is 0 Å². The van der Waals surface area contributed by atoms with Crippen LogP contribution in [0.1, 0.15) is 114 Å². The molecule has 0 bridgehead atoms. The van der Waals surface area contributed by atoms with Gasteiger partial charge >= 0.3 is 0 Å². The maximum atomic E-state index is 4.22. The fourth-order valence-corrected chi connectivity index (χ4v) is 11.3. The topological polar surface area (TPSA) is 42.6 Å². The number of aryl methyl sites for hydroxylation is 2. The van der Waals surface area contributed by atoms with E-state index >= 15 is 0 Å². The highest BCUT2D eigenvalue weighted by Crippen LogP contribution is 2.44. The van der Waals surface area contributed by atoms with E-state index in [-0.39, 0.29) is 36.5 Å². The summed E-state index contributed by atoms with van der Waals surface area (Å²) in [7, 11) is 0. The molecule has 0 aromatic heterocycles. The molecule has 11 rings (SSSR count). The number of anilines is 1. The SMILES string of the molecule is CCN1C(c2ccccc2)CC(c2ccccc2)NC1c1cc(-c2ccc(-c3cc4c5c(c3)CCCN5CCC4)cc2)cc(C2NC(c3ccccc3)CC(c3ccccc3)N2)c1. The van der Waals surface area contributed by atoms with Crippen LogP contribution < -0.4 is 20.9 Å². The van der Waals surface area contributed by atoms with Gasteiger partial charge in [0.15, 0.2) is 0 Å². The van der Waals surface area contributed by atoms with Gasteiger partial charge in [-0.2, -0.15) is 0 Å². The van der Waals surface area contributed by atoms with E-state index in [9.17, 15) is 0 Å². The highest BCUT2D eigenvalue weighted by atomic mass is 15.3. The summed E-state index contributed by atoms with van der Waals surface area (Å²) < 4.78 is 0. The minimum Gasteiger partial charge on any atom is -0.371 e. The summed E-state index contributed by atoms with van der Waals surface area (Å²) in [5.41, 5.74) is 17.6. The molecule has 63 heavy (non-hydrogen) atoms. The van der Waals surface area contributed by atoms with E-state index < -0.39 is 0 Å². The fraction of sp³-hybridized carbons (Fsp3) is 0.276. The Morgan fingerprint density at radius 1 is 0.444 bits per heavy atom. The molecule has 2 saturated heterocycles. The molecule has 5 atom stereocenters. The number of nitrogens with zero attached hydrogens (tertiary/aromatic N) is 2. The largest absolute Gasteiger partial charge is 0.371 e. The third kappa shape index (κ3) is 8.16. The lowest BCUT2D eigenvalue weighted by Crippen LogP contribution is -2.48. The Balaban J connectivity index is 1.02. The van der Waals surface area contributed by atoms with Crippen molar-refractivity contribution in [3.63, 3.8) is 0 Å². The second kappa shape index (κ2) is 17.7. The fourth-order valence-electron chi connectivity index (χ4n) is 11.3. The summed E-state index contributed by atoms with van der Waals surface area (Å²) in [6.45, 7) is 5.64. The summed E-state index contributed by atoms with van der Waals surface area (Å²) in [5, 5.41) is 12.4. The lowest BCUT2D eigenvalue weighted by molar-refractivity contribution is 0.0484. The van der Waals surface area contributed by atoms with Crippen LogP contribution in [0.4, 0.5) is 5.69 Å². The molecule has 4 heterocycles. The van der Waals surface area contributed by atoms with Gasteiger partial charge in [-0.3, -0.25) is 20.9 Å². The van der Waals surface area contributed by atoms with E-state index in [0.29, 0.717) is 0 Å². The number of rotatable bonds is 9. The van der Waals surface area contributed by atoms with Crippen LogP contribution in [0.3, 0.4) is 0 Å². The van der Waals surface area contributed by atoms with Crippen LogP contribution in [0, 0.1) is 0 Å². The van der Waals surface area contributed by atoms with Crippen molar-refractivity contribution in [3.05, 3.63) is 220 Å². The zero-order valence-electron chi connectivity index (χ0n) is 36.5. The average molecular weight is 826 g/mol. The van der Waals surface area contributed by atoms with E-state index in [1.807, 2.05) is 0 Å². The second-order valence-corrected chi connectivity index (χ2v) is 18.3. The van der Waals surface area contributed by atoms with Crippen molar-refractivity contribution in [2.24, 2.45) is 0 Å². The van der Waals surface area contributed by atoms with E-state index in [0.717, 1.165) is 19.4 Å². The Hall–Kier alpha value is -5.82. The van der Waals surface area contributed by atoms with Gasteiger partial charge in [0.2, 0.25) is 0 Å². The molecule has 7 aromatic carbocycles. The summed E-state index contributed by atoms with van der Waals surface area (Å²) >= 11 is 0. The molecule has 2 fully saturated rings. The molecule has 5 unspecified atom stereocenters. The molecule has 5 heteroatoms. The van der Waals surface area contributed by atoms with Gasteiger partial charge in [0.1, 0.15) is 0 Å². The van der Waals surface area contributed by atoms with Gasteiger partial charge in [-0.1, -0.05) is 153 Å². The molecular formula is C58H59N5. The monoisotopic (exact) mass is 825 g/mol. The Bertz CT molecular complexity index is 2550. The van der Waals surface area contributed by atoms with Crippen LogP contribution in [0.25, 0.3) is 22.3 Å². The molecule has 7 aromatic rings. The molecule has 5 nitrogen and oxygen atoms in total. The second-order valence-electron chi connectivity index (χ2n) is 18.3. The first kappa shape index (κ1) is 40.0. The van der Waals surface area contributed by atoms with Gasteiger partial charge < -0.3 is 4.90 Å². The normalized spacial score (nSPS) is 23.5. The standard InChI is InChI=1S/C58H59N5/c1-2-63-55(45-23-13-6-14-24-45)39-54(44-21-11-5-12-22-44)61-58(63)51-36-49(41-29-27-40(28-30-41)48-33-46-25-15-31-62-32-16-26-47(34-48)56(46)62)35-50(37-51)57-59-52(42-17-7-3-8-18-42)38-53(60-57)43-19-9-4-10-20-43/h3-14,17-24,27-30,33-37,52-55,57-61H,2,15-16,25-26,31-32,38-39H2,1H3. The van der Waals surface area contributed by atoms with Crippen LogP contribution >= 0.6 is 0 Å². The first-order chi connectivity index (χ1) is 31.1. The van der Waals surface area contributed by atoms with Crippen molar-refractivity contribution in [2.45, 2.75) is 81.9 Å². The quantitative estimate of drug-likeness (QED) is 0.135. The van der Waals surface area contributed by atoms with Gasteiger partial charge in [-0.15, -0.1) is 0 Å². The van der Waals surface area contributed by atoms with Gasteiger partial charge in [-0.05, 0) is 142 Å². The third-order valence-corrected chi connectivity index (χ3v) is 14.4. The molecule has 0 saturated carbocycles. The first-order valence-electron chi connectivity index (χ1n) is 23.6. The van der Waals surface area contributed by atoms with Gasteiger partial charge in [0.25, 0.3) is 0 Å². The van der Waals surface area contributed by atoms with Gasteiger partial charge in [0, 0.05) is 42.9 Å². The predicted octanol–water partition coefficient (Wildman–Crippen LogP) is 12.6. The van der Waals surface area contributed by atoms with Crippen LogP contribution in [0.2, 0.25) is 0 Å². The summed E-state index contributed by atoms with van der Waals surface area (Å²) in [5.74, 6) is 0. The molecule has 0 aliphatic carbocycles. The zero-order valence-corrected chi connectivity index (χ0v) is 36.5. The lowest BCUT2D eigenvalue weighted by Gasteiger charge is -2.47. The Kier molecular flexibility index (Phi) is 11.3. The van der Waals surface area contributed by atoms with Gasteiger partial charge in [0.05, 0.1) is 12.3 Å². The highest BCUT2D eigenvalue weighted by molar-refractivity contribution is 5.76. The van der Waals surface area contributed by atoms with Crippen LogP contribution in [0.15, 0.2) is 176 Å². The molecule has 4 aliphatic rings. The van der Waals surface area contributed by atoms with E-state index in [1.165, 1.54) is 111 Å². The summed E-state index contributed by atoms with van der Waals surface area (Å²) in [4.78, 5) is 5.33. The molecule has 0 amide bonds. The zero-order chi connectivity index (χ0) is 42.1. The predicted molar refractivity (Wildman–Crippen MR) is 259 cm³/mol. The molecule has 316 valence electrons. The average Bonchev–Trinajstić information content (AvgIpc) is 3.37. The minimum absolute atomic E-state index is 0.0115. The lowest BCUT2D eigenvalue weighted by atomic mass is 9.87. The molecule has 3 N–H and O–H groups in total. The van der Waals surface area contributed by atoms with Crippen LogP contribution in [-0.4, -0.2) is 24.5 Å². The molecule has 0 spiro atoms. The third-order valence-electron chi connectivity index (χ3n) is 14.4. The van der Waals surface area contributed by atoms with Gasteiger partial charge in [-0.25, -0.2) is 0 Å². The maximum absolute atomic E-state index is 4.22. The molecular weight excluding hydrogens is 767 g/mol. The van der Waals surface area contributed by atoms with E-state index in [4.69, 9.17) is 0 Å². The first-order valence-corrected chi connectivity index (χ1v) is 23.6. The number of hydrogen-bond donors (Lipinski definition) is 3. The van der Waals surface area contributed by atoms with E-state index in [2.05, 4.69) is 209 Å². The highest BCUT2D eigenvalue weighted by Gasteiger charge is 2.38. The van der Waals surface area contributed by atoms with Crippen molar-refractivity contribution < 1.29 is 0 Å². The molecule has 4 aliphatic heterocycles. The van der Waals surface area contributed by atoms with Crippen molar-refractivity contribution in [1.82, 2.24) is 20.9 Å². The van der Waals surface area contributed by atoms with Crippen molar-refractivity contribution >= 4 is 5.69 Å². The summed E-state index contributed by atoms with van der Waals surface area (Å²) in [6, 6.07) is 66.9. The Morgan fingerprint density at radius 3 is 1.41 bits per heavy atom. The number of hydrogen-bond acceptors (Lipinski definition) is 5. The Morgan fingerprint density at radius 2 is 0.905 bits per heavy atom.